The van der Waals surface area contributed by atoms with E-state index >= 15 is 0 Å². The molecule has 0 aromatic rings. The molecule has 2 aliphatic rings. The molecule has 17 heavy (non-hydrogen) atoms. The minimum absolute atomic E-state index is 0.108. The highest BCUT2D eigenvalue weighted by molar-refractivity contribution is 5.79. The molecule has 1 saturated carbocycles. The number of amides is 1. The van der Waals surface area contributed by atoms with Crippen molar-refractivity contribution in [1.82, 2.24) is 4.90 Å². The summed E-state index contributed by atoms with van der Waals surface area (Å²) in [6, 6.07) is 0. The number of nitrogens with zero attached hydrogens (tertiary/aromatic N) is 1. The first kappa shape index (κ1) is 12.9. The van der Waals surface area contributed by atoms with Crippen molar-refractivity contribution in [3.63, 3.8) is 0 Å². The van der Waals surface area contributed by atoms with Crippen LogP contribution in [-0.2, 0) is 4.79 Å². The first-order valence-corrected chi connectivity index (χ1v) is 6.85. The molecule has 0 aromatic heterocycles. The summed E-state index contributed by atoms with van der Waals surface area (Å²) in [4.78, 5) is 14.1. The van der Waals surface area contributed by atoms with E-state index < -0.39 is 0 Å². The predicted molar refractivity (Wildman–Crippen MR) is 67.5 cm³/mol. The molecule has 1 aliphatic carbocycles. The van der Waals surface area contributed by atoms with Gasteiger partial charge in [0.2, 0.25) is 5.91 Å². The van der Waals surface area contributed by atoms with Crippen molar-refractivity contribution in [1.29, 1.82) is 0 Å². The van der Waals surface area contributed by atoms with Crippen molar-refractivity contribution in [2.75, 3.05) is 13.1 Å². The van der Waals surface area contributed by atoms with Crippen LogP contribution in [0.3, 0.4) is 0 Å². The number of hydrogen-bond acceptors (Lipinski definition) is 2. The molecular formula is C14H25NO2. The van der Waals surface area contributed by atoms with Gasteiger partial charge in [-0.25, -0.2) is 0 Å². The van der Waals surface area contributed by atoms with Crippen LogP contribution in [0.5, 0.6) is 0 Å². The molecule has 0 unspecified atom stereocenters. The van der Waals surface area contributed by atoms with Crippen LogP contribution in [0.4, 0.5) is 0 Å². The van der Waals surface area contributed by atoms with E-state index in [0.29, 0.717) is 18.3 Å². The van der Waals surface area contributed by atoms with Gasteiger partial charge in [0.1, 0.15) is 0 Å². The normalized spacial score (nSPS) is 31.2. The number of hydrogen-bond donors (Lipinski definition) is 1. The van der Waals surface area contributed by atoms with E-state index in [9.17, 15) is 9.90 Å². The largest absolute Gasteiger partial charge is 0.393 e. The fourth-order valence-corrected chi connectivity index (χ4v) is 3.01. The lowest BCUT2D eigenvalue weighted by Crippen LogP contribution is -2.47. The van der Waals surface area contributed by atoms with Gasteiger partial charge in [-0.3, -0.25) is 4.79 Å². The summed E-state index contributed by atoms with van der Waals surface area (Å²) in [5, 5.41) is 9.24. The van der Waals surface area contributed by atoms with Gasteiger partial charge in [-0.15, -0.1) is 0 Å². The van der Waals surface area contributed by atoms with Gasteiger partial charge in [-0.05, 0) is 37.0 Å². The Morgan fingerprint density at radius 3 is 2.12 bits per heavy atom. The summed E-state index contributed by atoms with van der Waals surface area (Å²) in [5.74, 6) is 1.12. The van der Waals surface area contributed by atoms with Gasteiger partial charge in [0.25, 0.3) is 0 Å². The number of rotatable bonds is 1. The summed E-state index contributed by atoms with van der Waals surface area (Å²) in [6.07, 6.45) is 3.39. The van der Waals surface area contributed by atoms with Crippen molar-refractivity contribution in [3.05, 3.63) is 0 Å². The van der Waals surface area contributed by atoms with Crippen molar-refractivity contribution in [2.45, 2.75) is 52.6 Å². The molecule has 3 nitrogen and oxygen atoms in total. The van der Waals surface area contributed by atoms with Crippen molar-refractivity contribution in [3.8, 4) is 0 Å². The minimum atomic E-state index is -0.226. The van der Waals surface area contributed by atoms with E-state index in [1.807, 2.05) is 4.90 Å². The number of aliphatic hydroxyl groups excluding tert-OH is 1. The van der Waals surface area contributed by atoms with Crippen LogP contribution < -0.4 is 0 Å². The van der Waals surface area contributed by atoms with Crippen molar-refractivity contribution < 1.29 is 9.90 Å². The Labute approximate surface area is 104 Å². The Kier molecular flexibility index (Phi) is 3.48. The molecule has 1 amide bonds. The molecule has 0 bridgehead atoms. The summed E-state index contributed by atoms with van der Waals surface area (Å²) in [7, 11) is 0. The molecule has 2 rings (SSSR count). The zero-order valence-corrected chi connectivity index (χ0v) is 11.3. The second-order valence-electron chi connectivity index (χ2n) is 6.79. The van der Waals surface area contributed by atoms with E-state index in [1.165, 1.54) is 0 Å². The molecule has 0 atom stereocenters. The second-order valence-corrected chi connectivity index (χ2v) is 6.79. The van der Waals surface area contributed by atoms with Crippen molar-refractivity contribution in [2.24, 2.45) is 17.3 Å². The van der Waals surface area contributed by atoms with Gasteiger partial charge in [0.15, 0.2) is 0 Å². The Morgan fingerprint density at radius 1 is 1.18 bits per heavy atom. The Bertz CT molecular complexity index is 281. The van der Waals surface area contributed by atoms with Gasteiger partial charge < -0.3 is 10.0 Å². The summed E-state index contributed by atoms with van der Waals surface area (Å²) < 4.78 is 0. The molecule has 0 radical (unpaired) electrons. The standard InChI is InChI=1S/C14H25NO2/c1-14(2,3)11-4-6-15(7-5-11)13(17)10-8-12(16)9-10/h10-12,16H,4-9H2,1-3H3. The van der Waals surface area contributed by atoms with Crippen LogP contribution in [0.25, 0.3) is 0 Å². The molecule has 1 aliphatic heterocycles. The third-order valence-corrected chi connectivity index (χ3v) is 4.49. The Hall–Kier alpha value is -0.570. The van der Waals surface area contributed by atoms with Crippen molar-refractivity contribution >= 4 is 5.91 Å². The predicted octanol–water partition coefficient (Wildman–Crippen LogP) is 2.04. The van der Waals surface area contributed by atoms with Crippen LogP contribution in [0.2, 0.25) is 0 Å². The Morgan fingerprint density at radius 2 is 1.71 bits per heavy atom. The summed E-state index contributed by atoms with van der Waals surface area (Å²) >= 11 is 0. The lowest BCUT2D eigenvalue weighted by molar-refractivity contribution is -0.144. The maximum atomic E-state index is 12.1. The molecule has 1 N–H and O–H groups in total. The van der Waals surface area contributed by atoms with Crippen LogP contribution in [0.1, 0.15) is 46.5 Å². The molecule has 0 spiro atoms. The zero-order valence-electron chi connectivity index (χ0n) is 11.3. The van der Waals surface area contributed by atoms with E-state index in [1.54, 1.807) is 0 Å². The van der Waals surface area contributed by atoms with Gasteiger partial charge in [0.05, 0.1) is 6.10 Å². The topological polar surface area (TPSA) is 40.5 Å². The summed E-state index contributed by atoms with van der Waals surface area (Å²) in [6.45, 7) is 8.69. The van der Waals surface area contributed by atoms with E-state index in [2.05, 4.69) is 20.8 Å². The Balaban J connectivity index is 1.81. The first-order chi connectivity index (χ1) is 7.88. The quantitative estimate of drug-likeness (QED) is 0.760. The lowest BCUT2D eigenvalue weighted by Gasteiger charge is -2.41. The SMILES string of the molecule is CC(C)(C)C1CCN(C(=O)C2CC(O)C2)CC1. The lowest BCUT2D eigenvalue weighted by atomic mass is 9.74. The first-order valence-electron chi connectivity index (χ1n) is 6.85. The molecular weight excluding hydrogens is 214 g/mol. The average Bonchev–Trinajstić information content (AvgIpc) is 2.23. The molecule has 0 aromatic carbocycles. The van der Waals surface area contributed by atoms with Gasteiger partial charge in [-0.2, -0.15) is 0 Å². The number of carbonyl (C=O) groups is 1. The highest BCUT2D eigenvalue weighted by Crippen LogP contribution is 2.36. The smallest absolute Gasteiger partial charge is 0.225 e. The number of piperidine rings is 1. The minimum Gasteiger partial charge on any atom is -0.393 e. The molecule has 1 saturated heterocycles. The van der Waals surface area contributed by atoms with Crippen LogP contribution in [0, 0.1) is 17.3 Å². The van der Waals surface area contributed by atoms with Crippen LogP contribution in [0.15, 0.2) is 0 Å². The molecule has 2 fully saturated rings. The van der Waals surface area contributed by atoms with Gasteiger partial charge >= 0.3 is 0 Å². The van der Waals surface area contributed by atoms with E-state index in [4.69, 9.17) is 0 Å². The fraction of sp³-hybridized carbons (Fsp3) is 0.929. The summed E-state index contributed by atoms with van der Waals surface area (Å²) in [5.41, 5.74) is 0.363. The number of likely N-dealkylation sites (tertiary alicyclic amines) is 1. The number of carbonyl (C=O) groups excluding carboxylic acids is 1. The highest BCUT2D eigenvalue weighted by atomic mass is 16.3. The zero-order chi connectivity index (χ0) is 12.6. The highest BCUT2D eigenvalue weighted by Gasteiger charge is 2.38. The maximum Gasteiger partial charge on any atom is 0.225 e. The van der Waals surface area contributed by atoms with Gasteiger partial charge in [0, 0.05) is 19.0 Å². The second kappa shape index (κ2) is 4.60. The van der Waals surface area contributed by atoms with E-state index in [-0.39, 0.29) is 17.9 Å². The van der Waals surface area contributed by atoms with Gasteiger partial charge in [-0.1, -0.05) is 20.8 Å². The fourth-order valence-electron chi connectivity index (χ4n) is 3.01. The third-order valence-electron chi connectivity index (χ3n) is 4.49. The average molecular weight is 239 g/mol. The molecule has 3 heteroatoms. The molecule has 98 valence electrons. The molecule has 1 heterocycles. The number of aliphatic hydroxyl groups is 1. The monoisotopic (exact) mass is 239 g/mol. The van der Waals surface area contributed by atoms with E-state index in [0.717, 1.165) is 31.8 Å². The van der Waals surface area contributed by atoms with Crippen LogP contribution in [-0.4, -0.2) is 35.1 Å². The maximum absolute atomic E-state index is 12.1. The third kappa shape index (κ3) is 2.82. The van der Waals surface area contributed by atoms with Crippen LogP contribution >= 0.6 is 0 Å².